The summed E-state index contributed by atoms with van der Waals surface area (Å²) in [5.74, 6) is 1.73. The van der Waals surface area contributed by atoms with Gasteiger partial charge in [0.05, 0.1) is 42.7 Å². The molecule has 0 fully saturated rings. The molecule has 1 unspecified atom stereocenters. The summed E-state index contributed by atoms with van der Waals surface area (Å²) >= 11 is 5.25. The lowest BCUT2D eigenvalue weighted by Gasteiger charge is -2.46. The van der Waals surface area contributed by atoms with E-state index >= 15 is 0 Å². The van der Waals surface area contributed by atoms with Gasteiger partial charge in [-0.2, -0.15) is 9.15 Å². The van der Waals surface area contributed by atoms with Crippen molar-refractivity contribution < 1.29 is 81.0 Å². The van der Waals surface area contributed by atoms with Crippen molar-refractivity contribution in [3.63, 3.8) is 0 Å². The molecule has 4 aliphatic heterocycles. The van der Waals surface area contributed by atoms with Gasteiger partial charge in [0.15, 0.2) is 11.4 Å². The topological polar surface area (TPSA) is 151 Å². The second-order valence-electron chi connectivity index (χ2n) is 24.4. The molecule has 4 heterocycles. The van der Waals surface area contributed by atoms with Crippen LogP contribution in [0.25, 0.3) is 50.5 Å². The number of hydrogen-bond donors (Lipinski definition) is 1. The number of nitrogens with zero attached hydrogens (tertiary/aromatic N) is 3. The van der Waals surface area contributed by atoms with Crippen molar-refractivity contribution in [1.29, 1.82) is 0 Å². The summed E-state index contributed by atoms with van der Waals surface area (Å²) in [6.45, 7) is 18.3. The van der Waals surface area contributed by atoms with Crippen molar-refractivity contribution in [3.8, 4) is 17.2 Å². The fourth-order valence-corrected chi connectivity index (χ4v) is 15.8. The number of phosphoric acid groups is 1. The first-order valence-electron chi connectivity index (χ1n) is 31.4. The minimum Gasteiger partial charge on any atom is -1.00 e. The zero-order valence-electron chi connectivity index (χ0n) is 56.2. The Kier molecular flexibility index (Phi) is 24.3. The summed E-state index contributed by atoms with van der Waals surface area (Å²) in [5.41, 5.74) is 12.0. The molecule has 0 saturated heterocycles. The minimum absolute atomic E-state index is 0. The van der Waals surface area contributed by atoms with E-state index in [4.69, 9.17) is 29.5 Å². The Bertz CT molecular complexity index is 4500. The highest BCUT2D eigenvalue weighted by atomic mass is 35.7. The molecule has 0 bridgehead atoms. The van der Waals surface area contributed by atoms with Gasteiger partial charge in [-0.1, -0.05) is 146 Å². The van der Waals surface area contributed by atoms with Crippen LogP contribution in [-0.4, -0.2) is 84.5 Å². The van der Waals surface area contributed by atoms with E-state index < -0.39 is 20.5 Å². The van der Waals surface area contributed by atoms with Gasteiger partial charge in [0.1, 0.15) is 31.3 Å². The van der Waals surface area contributed by atoms with Crippen LogP contribution in [0.2, 0.25) is 0 Å². The summed E-state index contributed by atoms with van der Waals surface area (Å²) in [6, 6.07) is 62.1. The molecule has 0 aliphatic carbocycles. The van der Waals surface area contributed by atoms with Gasteiger partial charge < -0.3 is 49.6 Å². The van der Waals surface area contributed by atoms with Gasteiger partial charge in [-0.3, -0.25) is 18.1 Å². The maximum atomic E-state index is 13.1. The smallest absolute Gasteiger partial charge is 0.530 e. The quantitative estimate of drug-likeness (QED) is 0.0823. The van der Waals surface area contributed by atoms with E-state index in [9.17, 15) is 14.2 Å². The number of rotatable bonds is 14. The molecule has 13 nitrogen and oxygen atoms in total. The van der Waals surface area contributed by atoms with E-state index in [1.807, 2.05) is 60.7 Å². The monoisotopic (exact) mass is 1380 g/mol. The molecule has 9 aromatic carbocycles. The first-order chi connectivity index (χ1) is 44.0. The number of phenolic OH excluding ortho intramolecular Hbond substituents is 1. The summed E-state index contributed by atoms with van der Waals surface area (Å²) in [4.78, 5) is 2.27. The third-order valence-electron chi connectivity index (χ3n) is 17.9. The van der Waals surface area contributed by atoms with Gasteiger partial charge in [0.25, 0.3) is 0 Å². The Labute approximate surface area is 577 Å². The number of anilines is 1. The van der Waals surface area contributed by atoms with E-state index in [0.717, 1.165) is 38.4 Å². The Hall–Kier alpha value is -7.35. The number of fused-ring (bicyclic) bond motifs is 8. The van der Waals surface area contributed by atoms with E-state index in [0.29, 0.717) is 24.7 Å². The maximum absolute atomic E-state index is 13.1. The second kappa shape index (κ2) is 30.8. The lowest BCUT2D eigenvalue weighted by atomic mass is 9.76. The van der Waals surface area contributed by atoms with E-state index in [1.165, 1.54) is 61.5 Å². The highest BCUT2D eigenvalue weighted by Gasteiger charge is 2.57. The number of benzene rings is 9. The van der Waals surface area contributed by atoms with Crippen LogP contribution in [0.4, 0.5) is 17.1 Å². The number of allylic oxidation sites excluding steroid dienone is 2. The molecule has 500 valence electrons. The number of likely N-dealkylation sites (N-methyl/N-ethyl adjacent to an activating group) is 1. The van der Waals surface area contributed by atoms with Gasteiger partial charge >= 0.3 is 14.8 Å². The Morgan fingerprint density at radius 1 is 0.526 bits per heavy atom. The van der Waals surface area contributed by atoms with E-state index in [1.54, 1.807) is 33.8 Å². The molecule has 0 aromatic heterocycles. The number of hydrogen-bond acceptors (Lipinski definition) is 10. The van der Waals surface area contributed by atoms with Crippen LogP contribution in [0.1, 0.15) is 103 Å². The third-order valence-corrected chi connectivity index (χ3v) is 21.2. The van der Waals surface area contributed by atoms with Gasteiger partial charge in [0, 0.05) is 76.1 Å². The molecule has 3 N–H and O–H groups in total. The minimum atomic E-state index is -3.73. The van der Waals surface area contributed by atoms with Gasteiger partial charge in [0.2, 0.25) is 17.1 Å². The van der Waals surface area contributed by atoms with Crippen LogP contribution in [0, 0.1) is 0 Å². The number of aromatic hydroxyl groups is 1. The average molecular weight is 1380 g/mol. The lowest BCUT2D eigenvalue weighted by Crippen LogP contribution is -3.00. The Balaban J connectivity index is 0.000000188. The number of phosphoric ester groups is 1. The van der Waals surface area contributed by atoms with Crippen LogP contribution in [0.3, 0.4) is 0 Å². The first-order valence-corrected chi connectivity index (χ1v) is 35.3. The summed E-state index contributed by atoms with van der Waals surface area (Å²) < 4.78 is 60.9. The molecule has 0 radical (unpaired) electrons. The zero-order chi connectivity index (χ0) is 65.8. The predicted molar refractivity (Wildman–Crippen MR) is 384 cm³/mol. The standard InChI is InChI=1S/C27H31NO4P.2C23H21NO.C4H10ClO3P.2ClH.H2O/c1-6-30-33(29,31-7-2)32-25-18-16-20-12-8-9-13-21(20)22(25)17-19-26-27(3,4)23-14-10-11-15-24(23)28(26)5;1-22(2)19-10-6-7-11-20(19)24(3)23(22)15-14-18-17-9-5-4-8-16(17)12-13-21(18)25-23;1-23(2)19-10-6-7-11-20(19)24(3)22(23)15-13-18-17-9-5-4-8-16(17)12-14-21(18)25;1-3-7-9(5,6)8-4-2;;;/h8-19H,6-7H2,1-5H3;2*4-15H,1-3H3;3-4H2,1-2H3;2*1H;1H2/q+1;;;;;;/p-1/b19-17+;;;;;;. The molecule has 0 saturated carbocycles. The van der Waals surface area contributed by atoms with Crippen molar-refractivity contribution in [3.05, 3.63) is 234 Å². The SMILES string of the molecule is CCOP(=O)(Cl)OCC.CCOP(=O)(OCC)Oc1ccc2ccccc2c1/C=C/C1=[N+](C)c2ccccc2C1(C)C.CN1c2ccccc2C(C)(C)C12C=Cc1c(ccc3ccccc13)O2.C[N+]1=C(/C=C/c2c(O)ccc3ccccc23)C(C)(C)c2ccccc21.O.[Cl-].[Cl-]. The van der Waals surface area contributed by atoms with Gasteiger partial charge in [-0.25, -0.2) is 9.13 Å². The van der Waals surface area contributed by atoms with Crippen LogP contribution >= 0.6 is 26.0 Å². The van der Waals surface area contributed by atoms with Crippen molar-refractivity contribution >= 4 is 105 Å². The molecular formula is C77H86Cl3N3O10P2. The summed E-state index contributed by atoms with van der Waals surface area (Å²) in [6.07, 6.45) is 12.8. The Morgan fingerprint density at radius 3 is 1.45 bits per heavy atom. The van der Waals surface area contributed by atoms with Gasteiger partial charge in [-0.05, 0) is 156 Å². The van der Waals surface area contributed by atoms with Crippen LogP contribution in [0.5, 0.6) is 17.2 Å². The molecule has 1 spiro atoms. The van der Waals surface area contributed by atoms with Crippen LogP contribution < -0.4 is 39.0 Å². The lowest BCUT2D eigenvalue weighted by molar-refractivity contribution is -0.401. The van der Waals surface area contributed by atoms with Gasteiger partial charge in [-0.15, -0.1) is 0 Å². The van der Waals surface area contributed by atoms with Crippen molar-refractivity contribution in [2.24, 2.45) is 0 Å². The average Bonchev–Trinajstić information content (AvgIpc) is 1.57. The number of phenols is 1. The number of ether oxygens (including phenoxy) is 1. The Morgan fingerprint density at radius 2 is 0.947 bits per heavy atom. The fourth-order valence-electron chi connectivity index (χ4n) is 13.3. The normalized spacial score (nSPS) is 16.7. The van der Waals surface area contributed by atoms with Crippen LogP contribution in [0.15, 0.2) is 200 Å². The molecular weight excluding hydrogens is 1300 g/mol. The molecule has 13 rings (SSSR count). The fraction of sp³-hybridized carbons (Fsp3) is 0.273. The van der Waals surface area contributed by atoms with E-state index in [-0.39, 0.29) is 59.7 Å². The maximum Gasteiger partial charge on any atom is 0.530 e. The molecule has 4 aliphatic rings. The highest BCUT2D eigenvalue weighted by Crippen LogP contribution is 2.56. The van der Waals surface area contributed by atoms with Crippen molar-refractivity contribution in [2.75, 3.05) is 52.5 Å². The molecule has 0 amide bonds. The number of halogens is 3. The van der Waals surface area contributed by atoms with Crippen molar-refractivity contribution in [1.82, 2.24) is 0 Å². The molecule has 95 heavy (non-hydrogen) atoms. The molecule has 1 atom stereocenters. The molecule has 18 heteroatoms. The highest BCUT2D eigenvalue weighted by molar-refractivity contribution is 7.81. The summed E-state index contributed by atoms with van der Waals surface area (Å²) in [7, 11) is 2.59. The molecule has 9 aromatic rings. The second-order valence-corrected chi connectivity index (χ2v) is 28.6. The predicted octanol–water partition coefficient (Wildman–Crippen LogP) is 13.3. The van der Waals surface area contributed by atoms with Crippen LogP contribution in [-0.2, 0) is 43.5 Å². The number of para-hydroxylation sites is 3. The zero-order valence-corrected chi connectivity index (χ0v) is 60.3. The first kappa shape index (κ1) is 75.0. The largest absolute Gasteiger partial charge is 1.00 e. The third kappa shape index (κ3) is 14.8. The summed E-state index contributed by atoms with van der Waals surface area (Å²) in [5, 5.41) is 17.1. The van der Waals surface area contributed by atoms with E-state index in [2.05, 4.69) is 237 Å². The van der Waals surface area contributed by atoms with Crippen molar-refractivity contribution in [2.45, 2.75) is 91.2 Å².